The van der Waals surface area contributed by atoms with E-state index in [-0.39, 0.29) is 0 Å². The molecule has 0 aliphatic carbocycles. The summed E-state index contributed by atoms with van der Waals surface area (Å²) in [5.74, 6) is 0.210. The average molecular weight is 325 g/mol. The molecule has 5 heteroatoms. The molecular weight excluding hydrogens is 306 g/mol. The number of aryl methyl sites for hydroxylation is 1. The van der Waals surface area contributed by atoms with Gasteiger partial charge in [0.25, 0.3) is 5.91 Å². The van der Waals surface area contributed by atoms with Crippen LogP contribution in [0, 0.1) is 6.92 Å². The van der Waals surface area contributed by atoms with Crippen molar-refractivity contribution < 1.29 is 4.79 Å². The van der Waals surface area contributed by atoms with Crippen LogP contribution >= 0.6 is 11.3 Å². The minimum atomic E-state index is -0.471. The van der Waals surface area contributed by atoms with Gasteiger partial charge in [-0.2, -0.15) is 0 Å². The molecule has 0 aromatic carbocycles. The Morgan fingerprint density at radius 3 is 2.83 bits per heavy atom. The summed E-state index contributed by atoms with van der Waals surface area (Å²) in [6, 6.07) is 7.47. The Balaban J connectivity index is 2.44. The third-order valence-corrected chi connectivity index (χ3v) is 4.16. The van der Waals surface area contributed by atoms with Gasteiger partial charge in [0.2, 0.25) is 0 Å². The third kappa shape index (κ3) is 4.17. The normalized spacial score (nSPS) is 11.7. The van der Waals surface area contributed by atoms with Crippen molar-refractivity contribution in [3.05, 3.63) is 71.3 Å². The number of thiophene rings is 1. The molecule has 4 nitrogen and oxygen atoms in total. The fourth-order valence-electron chi connectivity index (χ4n) is 2.06. The maximum atomic E-state index is 11.7. The van der Waals surface area contributed by atoms with Crippen LogP contribution in [0.15, 0.2) is 55.1 Å². The number of nitrogens with one attached hydrogen (secondary N) is 1. The van der Waals surface area contributed by atoms with E-state index in [4.69, 9.17) is 5.73 Å². The van der Waals surface area contributed by atoms with Gasteiger partial charge in [-0.3, -0.25) is 4.79 Å². The quantitative estimate of drug-likeness (QED) is 0.772. The molecule has 0 unspecified atom stereocenters. The number of nitrogens with two attached hydrogens (primary N) is 1. The number of hydrogen-bond donors (Lipinski definition) is 2. The van der Waals surface area contributed by atoms with Gasteiger partial charge in [0.1, 0.15) is 10.8 Å². The fourth-order valence-corrected chi connectivity index (χ4v) is 3.14. The summed E-state index contributed by atoms with van der Waals surface area (Å²) in [5.41, 5.74) is 7.83. The third-order valence-electron chi connectivity index (χ3n) is 3.06. The van der Waals surface area contributed by atoms with Gasteiger partial charge >= 0.3 is 0 Å². The second-order valence-electron chi connectivity index (χ2n) is 4.86. The van der Waals surface area contributed by atoms with Crippen molar-refractivity contribution >= 4 is 33.6 Å². The SMILES string of the molecule is C=C/C=C(\C=C/C)c1cc(C(N)=O)c(Nc2cccc(C)n2)s1. The van der Waals surface area contributed by atoms with Crippen LogP contribution < -0.4 is 11.1 Å². The molecule has 118 valence electrons. The van der Waals surface area contributed by atoms with E-state index in [9.17, 15) is 4.79 Å². The number of anilines is 2. The Kier molecular flexibility index (Phi) is 5.49. The molecule has 0 aliphatic rings. The molecule has 3 N–H and O–H groups in total. The summed E-state index contributed by atoms with van der Waals surface area (Å²) < 4.78 is 0. The van der Waals surface area contributed by atoms with Gasteiger partial charge in [0.05, 0.1) is 5.56 Å². The van der Waals surface area contributed by atoms with Crippen molar-refractivity contribution in [2.24, 2.45) is 5.73 Å². The van der Waals surface area contributed by atoms with E-state index in [1.807, 2.05) is 50.3 Å². The van der Waals surface area contributed by atoms with Gasteiger partial charge in [-0.25, -0.2) is 4.98 Å². The first-order chi connectivity index (χ1) is 11.0. The van der Waals surface area contributed by atoms with Gasteiger partial charge in [0, 0.05) is 10.6 Å². The van der Waals surface area contributed by atoms with Crippen LogP contribution in [-0.2, 0) is 0 Å². The van der Waals surface area contributed by atoms with Crippen LogP contribution in [0.1, 0.15) is 27.9 Å². The van der Waals surface area contributed by atoms with Crippen LogP contribution in [0.2, 0.25) is 0 Å². The van der Waals surface area contributed by atoms with Crippen LogP contribution in [0.5, 0.6) is 0 Å². The molecule has 0 bridgehead atoms. The van der Waals surface area contributed by atoms with Crippen LogP contribution in [0.3, 0.4) is 0 Å². The topological polar surface area (TPSA) is 68.0 Å². The lowest BCUT2D eigenvalue weighted by Crippen LogP contribution is -2.11. The van der Waals surface area contributed by atoms with Crippen molar-refractivity contribution in [2.45, 2.75) is 13.8 Å². The average Bonchev–Trinajstić information content (AvgIpc) is 2.91. The van der Waals surface area contributed by atoms with E-state index >= 15 is 0 Å². The van der Waals surface area contributed by atoms with Crippen molar-refractivity contribution in [2.75, 3.05) is 5.32 Å². The first kappa shape index (κ1) is 16.7. The lowest BCUT2D eigenvalue weighted by atomic mass is 10.1. The highest BCUT2D eigenvalue weighted by molar-refractivity contribution is 7.17. The van der Waals surface area contributed by atoms with Crippen LogP contribution in [0.25, 0.3) is 5.57 Å². The molecule has 0 radical (unpaired) electrons. The molecule has 2 heterocycles. The molecular formula is C18H19N3OS. The molecule has 0 aliphatic heterocycles. The highest BCUT2D eigenvalue weighted by Crippen LogP contribution is 2.34. The molecule has 2 rings (SSSR count). The fraction of sp³-hybridized carbons (Fsp3) is 0.111. The monoisotopic (exact) mass is 325 g/mol. The van der Waals surface area contributed by atoms with Crippen molar-refractivity contribution in [1.82, 2.24) is 4.98 Å². The minimum Gasteiger partial charge on any atom is -0.366 e. The van der Waals surface area contributed by atoms with Crippen molar-refractivity contribution in [3.63, 3.8) is 0 Å². The lowest BCUT2D eigenvalue weighted by molar-refractivity contribution is 0.100. The second-order valence-corrected chi connectivity index (χ2v) is 5.92. The largest absolute Gasteiger partial charge is 0.366 e. The number of nitrogens with zero attached hydrogens (tertiary/aromatic N) is 1. The van der Waals surface area contributed by atoms with Crippen molar-refractivity contribution in [3.8, 4) is 0 Å². The van der Waals surface area contributed by atoms with E-state index in [0.29, 0.717) is 16.4 Å². The highest BCUT2D eigenvalue weighted by atomic mass is 32.1. The zero-order chi connectivity index (χ0) is 16.8. The number of carbonyl (C=O) groups excluding carboxylic acids is 1. The van der Waals surface area contributed by atoms with Crippen molar-refractivity contribution in [1.29, 1.82) is 0 Å². The van der Waals surface area contributed by atoms with E-state index in [1.165, 1.54) is 11.3 Å². The summed E-state index contributed by atoms with van der Waals surface area (Å²) in [5, 5.41) is 3.87. The Bertz CT molecular complexity index is 787. The van der Waals surface area contributed by atoms with Crippen LogP contribution in [-0.4, -0.2) is 10.9 Å². The number of allylic oxidation sites excluding steroid dienone is 5. The minimum absolute atomic E-state index is 0.452. The van der Waals surface area contributed by atoms with Crippen LogP contribution in [0.4, 0.5) is 10.8 Å². The van der Waals surface area contributed by atoms with Gasteiger partial charge in [-0.1, -0.05) is 36.9 Å². The maximum Gasteiger partial charge on any atom is 0.251 e. The summed E-state index contributed by atoms with van der Waals surface area (Å²) in [4.78, 5) is 17.1. The van der Waals surface area contributed by atoms with E-state index in [0.717, 1.165) is 16.1 Å². The summed E-state index contributed by atoms with van der Waals surface area (Å²) >= 11 is 1.46. The van der Waals surface area contributed by atoms with Gasteiger partial charge in [0.15, 0.2) is 0 Å². The van der Waals surface area contributed by atoms with E-state index in [2.05, 4.69) is 16.9 Å². The molecule has 0 saturated carbocycles. The molecule has 2 aromatic rings. The lowest BCUT2D eigenvalue weighted by Gasteiger charge is -2.05. The molecule has 23 heavy (non-hydrogen) atoms. The standard InChI is InChI=1S/C18H19N3OS/c1-4-7-13(8-5-2)15-11-14(17(19)22)18(23-15)21-16-10-6-9-12(3)20-16/h4-11H,1H2,2-3H3,(H2,19,22)(H,20,21)/b8-5-,13-7+. The smallest absolute Gasteiger partial charge is 0.251 e. The highest BCUT2D eigenvalue weighted by Gasteiger charge is 2.15. The number of hydrogen-bond acceptors (Lipinski definition) is 4. The summed E-state index contributed by atoms with van der Waals surface area (Å²) in [7, 11) is 0. The number of aromatic nitrogens is 1. The molecule has 1 amide bonds. The predicted octanol–water partition coefficient (Wildman–Crippen LogP) is 4.44. The summed E-state index contributed by atoms with van der Waals surface area (Å²) in [6.45, 7) is 7.58. The Labute approximate surface area is 140 Å². The zero-order valence-corrected chi connectivity index (χ0v) is 14.0. The Morgan fingerprint density at radius 1 is 1.43 bits per heavy atom. The number of carbonyl (C=O) groups is 1. The summed E-state index contributed by atoms with van der Waals surface area (Å²) in [6.07, 6.45) is 7.51. The Hall–Kier alpha value is -2.66. The first-order valence-electron chi connectivity index (χ1n) is 7.15. The molecule has 0 spiro atoms. The Morgan fingerprint density at radius 2 is 2.22 bits per heavy atom. The van der Waals surface area contributed by atoms with Gasteiger partial charge < -0.3 is 11.1 Å². The maximum absolute atomic E-state index is 11.7. The molecule has 0 fully saturated rings. The molecule has 0 atom stereocenters. The number of primary amides is 1. The number of pyridine rings is 1. The molecule has 2 aromatic heterocycles. The predicted molar refractivity (Wildman–Crippen MR) is 98.1 cm³/mol. The van der Waals surface area contributed by atoms with Gasteiger partial charge in [-0.15, -0.1) is 11.3 Å². The molecule has 0 saturated heterocycles. The van der Waals surface area contributed by atoms with Gasteiger partial charge in [-0.05, 0) is 37.6 Å². The zero-order valence-electron chi connectivity index (χ0n) is 13.2. The number of rotatable bonds is 6. The number of amides is 1. The van der Waals surface area contributed by atoms with E-state index < -0.39 is 5.91 Å². The second kappa shape index (κ2) is 7.56. The first-order valence-corrected chi connectivity index (χ1v) is 7.97. The van der Waals surface area contributed by atoms with E-state index in [1.54, 1.807) is 12.1 Å².